The molecule has 0 radical (unpaired) electrons. The van der Waals surface area contributed by atoms with Crippen molar-refractivity contribution in [3.8, 4) is 39.6 Å². The van der Waals surface area contributed by atoms with Crippen LogP contribution in [0.3, 0.4) is 0 Å². The summed E-state index contributed by atoms with van der Waals surface area (Å²) in [6, 6.07) is 21.5. The second-order valence-electron chi connectivity index (χ2n) is 7.77. The minimum absolute atomic E-state index is 0.0593. The lowest BCUT2D eigenvalue weighted by molar-refractivity contribution is -0.155. The van der Waals surface area contributed by atoms with Gasteiger partial charge in [0.25, 0.3) is 0 Å². The number of benzene rings is 3. The topological polar surface area (TPSA) is 43.9 Å². The average molecular weight is 546 g/mol. The van der Waals surface area contributed by atoms with Gasteiger partial charge in [0.05, 0.1) is 15.7 Å². The monoisotopic (exact) mass is 545 g/mol. The molecule has 0 amide bonds. The summed E-state index contributed by atoms with van der Waals surface area (Å²) in [5, 5.41) is 4.42. The summed E-state index contributed by atoms with van der Waals surface area (Å²) in [5.41, 5.74) is 3.21. The van der Waals surface area contributed by atoms with Crippen molar-refractivity contribution in [1.82, 2.24) is 14.7 Å². The molecule has 0 unspecified atom stereocenters. The number of alkyl halides is 3. The van der Waals surface area contributed by atoms with Gasteiger partial charge in [-0.3, -0.25) is 4.57 Å². The molecular weight excluding hydrogens is 530 g/mol. The van der Waals surface area contributed by atoms with Gasteiger partial charge in [-0.2, -0.15) is 13.2 Å². The van der Waals surface area contributed by atoms with E-state index in [-0.39, 0.29) is 11.4 Å². The summed E-state index contributed by atoms with van der Waals surface area (Å²) in [5.74, 6) is -0.813. The van der Waals surface area contributed by atoms with E-state index in [0.29, 0.717) is 27.1 Å². The Kier molecular flexibility index (Phi) is 6.59. The lowest BCUT2D eigenvalue weighted by Crippen LogP contribution is -2.02. The van der Waals surface area contributed by atoms with Gasteiger partial charge in [-0.15, -0.1) is 11.8 Å². The van der Waals surface area contributed by atoms with Crippen LogP contribution in [0.25, 0.3) is 39.6 Å². The first-order valence-electron chi connectivity index (χ1n) is 10.6. The molecule has 0 N–H and O–H groups in total. The van der Waals surface area contributed by atoms with Gasteiger partial charge < -0.3 is 4.52 Å². The minimum Gasteiger partial charge on any atom is -0.351 e. The molecule has 4 nitrogen and oxygen atoms in total. The summed E-state index contributed by atoms with van der Waals surface area (Å²) in [6.45, 7) is 0. The minimum atomic E-state index is -4.66. The summed E-state index contributed by atoms with van der Waals surface area (Å²) in [4.78, 5) is 5.68. The first-order chi connectivity index (χ1) is 17.2. The Morgan fingerprint density at radius 2 is 1.64 bits per heavy atom. The number of rotatable bonds is 5. The highest BCUT2D eigenvalue weighted by atomic mass is 35.5. The fraction of sp³-hybridized carbons (Fsp3) is 0.0769. The Hall–Kier alpha value is -3.20. The van der Waals surface area contributed by atoms with Crippen LogP contribution in [0.15, 0.2) is 88.4 Å². The number of imidazole rings is 1. The van der Waals surface area contributed by atoms with Crippen molar-refractivity contribution in [2.45, 2.75) is 11.1 Å². The zero-order valence-electron chi connectivity index (χ0n) is 18.6. The van der Waals surface area contributed by atoms with Gasteiger partial charge in [0.15, 0.2) is 0 Å². The van der Waals surface area contributed by atoms with Gasteiger partial charge in [0, 0.05) is 22.7 Å². The molecule has 182 valence electrons. The van der Waals surface area contributed by atoms with Gasteiger partial charge in [-0.25, -0.2) is 4.98 Å². The van der Waals surface area contributed by atoms with Gasteiger partial charge >= 0.3 is 6.18 Å². The molecule has 5 rings (SSSR count). The molecule has 3 aromatic carbocycles. The van der Waals surface area contributed by atoms with E-state index in [4.69, 9.17) is 23.2 Å². The first-order valence-corrected chi connectivity index (χ1v) is 12.6. The Balaban J connectivity index is 1.64. The zero-order valence-corrected chi connectivity index (χ0v) is 20.9. The number of halogens is 5. The van der Waals surface area contributed by atoms with Crippen LogP contribution >= 0.6 is 35.0 Å². The third-order valence-corrected chi connectivity index (χ3v) is 6.84. The van der Waals surface area contributed by atoms with Crippen molar-refractivity contribution in [3.63, 3.8) is 0 Å². The summed E-state index contributed by atoms with van der Waals surface area (Å²) < 4.78 is 45.4. The van der Waals surface area contributed by atoms with Gasteiger partial charge in [-0.1, -0.05) is 58.7 Å². The van der Waals surface area contributed by atoms with E-state index < -0.39 is 11.9 Å². The third-order valence-electron chi connectivity index (χ3n) is 5.48. The van der Waals surface area contributed by atoms with E-state index in [1.54, 1.807) is 46.8 Å². The third kappa shape index (κ3) is 4.76. The van der Waals surface area contributed by atoms with Crippen LogP contribution in [-0.2, 0) is 6.18 Å². The van der Waals surface area contributed by atoms with Gasteiger partial charge in [-0.05, 0) is 53.8 Å². The smallest absolute Gasteiger partial charge is 0.351 e. The molecule has 0 fully saturated rings. The van der Waals surface area contributed by atoms with Crippen LogP contribution in [0, 0.1) is 0 Å². The van der Waals surface area contributed by atoms with E-state index >= 15 is 0 Å². The van der Waals surface area contributed by atoms with Crippen LogP contribution in [0.2, 0.25) is 10.0 Å². The Morgan fingerprint density at radius 3 is 2.33 bits per heavy atom. The molecule has 2 heterocycles. The Morgan fingerprint density at radius 1 is 0.861 bits per heavy atom. The normalized spacial score (nSPS) is 11.7. The molecule has 5 aromatic rings. The highest BCUT2D eigenvalue weighted by molar-refractivity contribution is 7.98. The van der Waals surface area contributed by atoms with E-state index in [9.17, 15) is 13.2 Å². The SMILES string of the molecule is CSc1cccc(-c2ccc(-n3cc(-c4cc(C(F)(F)F)on4)nc3-c3ccccc3Cl)c(Cl)c2)c1. The fourth-order valence-corrected chi connectivity index (χ4v) is 4.69. The second kappa shape index (κ2) is 9.69. The highest BCUT2D eigenvalue weighted by Gasteiger charge is 2.36. The Labute approximate surface area is 218 Å². The average Bonchev–Trinajstić information content (AvgIpc) is 3.52. The molecular formula is C26H16Cl2F3N3OS. The van der Waals surface area contributed by atoms with Crippen molar-refractivity contribution in [2.75, 3.05) is 6.26 Å². The van der Waals surface area contributed by atoms with Crippen molar-refractivity contribution in [2.24, 2.45) is 0 Å². The van der Waals surface area contributed by atoms with Crippen LogP contribution in [0.1, 0.15) is 5.76 Å². The zero-order chi connectivity index (χ0) is 25.4. The maximum Gasteiger partial charge on any atom is 0.452 e. The number of aromatic nitrogens is 3. The van der Waals surface area contributed by atoms with E-state index in [1.165, 1.54) is 0 Å². The number of thioether (sulfide) groups is 1. The lowest BCUT2D eigenvalue weighted by atomic mass is 10.1. The maximum atomic E-state index is 13.1. The van der Waals surface area contributed by atoms with Crippen molar-refractivity contribution < 1.29 is 17.7 Å². The molecule has 0 atom stereocenters. The van der Waals surface area contributed by atoms with Crippen molar-refractivity contribution in [1.29, 1.82) is 0 Å². The number of nitrogens with zero attached hydrogens (tertiary/aromatic N) is 3. The quantitative estimate of drug-likeness (QED) is 0.207. The summed E-state index contributed by atoms with van der Waals surface area (Å²) in [7, 11) is 0. The second-order valence-corrected chi connectivity index (χ2v) is 9.47. The van der Waals surface area contributed by atoms with Crippen LogP contribution < -0.4 is 0 Å². The van der Waals surface area contributed by atoms with E-state index in [0.717, 1.165) is 22.1 Å². The molecule has 0 bridgehead atoms. The molecule has 0 spiro atoms. The summed E-state index contributed by atoms with van der Waals surface area (Å²) >= 11 is 14.8. The maximum absolute atomic E-state index is 13.1. The molecule has 10 heteroatoms. The predicted molar refractivity (Wildman–Crippen MR) is 137 cm³/mol. The molecule has 0 aliphatic heterocycles. The molecule has 2 aromatic heterocycles. The molecule has 0 saturated carbocycles. The number of hydrogen-bond donors (Lipinski definition) is 0. The molecule has 36 heavy (non-hydrogen) atoms. The molecule has 0 aliphatic rings. The van der Waals surface area contributed by atoms with Gasteiger partial charge in [0.2, 0.25) is 5.76 Å². The predicted octanol–water partition coefficient (Wildman–Crippen LogP) is 8.91. The standard InChI is InChI=1S/C26H16Cl2F3N3OS/c1-36-17-6-4-5-15(11-17)16-9-10-23(20(28)12-16)34-14-22(21-13-24(35-33-21)26(29,30)31)32-25(34)18-7-2-3-8-19(18)27/h2-14H,1H3. The van der Waals surface area contributed by atoms with Crippen LogP contribution in [-0.4, -0.2) is 21.0 Å². The van der Waals surface area contributed by atoms with Crippen molar-refractivity contribution >= 4 is 35.0 Å². The van der Waals surface area contributed by atoms with Crippen molar-refractivity contribution in [3.05, 3.63) is 94.8 Å². The Bertz CT molecular complexity index is 1560. The van der Waals surface area contributed by atoms with E-state index in [1.807, 2.05) is 42.7 Å². The van der Waals surface area contributed by atoms with Gasteiger partial charge in [0.1, 0.15) is 17.2 Å². The molecule has 0 aliphatic carbocycles. The van der Waals surface area contributed by atoms with E-state index in [2.05, 4.69) is 20.7 Å². The largest absolute Gasteiger partial charge is 0.452 e. The number of hydrogen-bond acceptors (Lipinski definition) is 4. The highest BCUT2D eigenvalue weighted by Crippen LogP contribution is 2.37. The van der Waals surface area contributed by atoms with Crippen LogP contribution in [0.5, 0.6) is 0 Å². The lowest BCUT2D eigenvalue weighted by Gasteiger charge is -2.12. The summed E-state index contributed by atoms with van der Waals surface area (Å²) in [6.07, 6.45) is -1.09. The fourth-order valence-electron chi connectivity index (χ4n) is 3.73. The van der Waals surface area contributed by atoms with Crippen LogP contribution in [0.4, 0.5) is 13.2 Å². The first kappa shape index (κ1) is 24.5. The molecule has 0 saturated heterocycles.